The zero-order valence-electron chi connectivity index (χ0n) is 9.33. The third kappa shape index (κ3) is 1.92. The van der Waals surface area contributed by atoms with Gasteiger partial charge in [0.25, 0.3) is 0 Å². The van der Waals surface area contributed by atoms with Crippen LogP contribution in [-0.2, 0) is 5.54 Å². The van der Waals surface area contributed by atoms with Crippen LogP contribution in [0.15, 0.2) is 30.3 Å². The molecule has 0 atom stereocenters. The van der Waals surface area contributed by atoms with Gasteiger partial charge in [-0.15, -0.1) is 0 Å². The summed E-state index contributed by atoms with van der Waals surface area (Å²) in [4.78, 5) is 0. The van der Waals surface area contributed by atoms with Crippen molar-refractivity contribution in [2.24, 2.45) is 0 Å². The molecule has 72 valence electrons. The van der Waals surface area contributed by atoms with Crippen molar-refractivity contribution in [3.05, 3.63) is 35.9 Å². The van der Waals surface area contributed by atoms with Crippen LogP contribution in [0.25, 0.3) is 0 Å². The van der Waals surface area contributed by atoms with E-state index in [2.05, 4.69) is 65.3 Å². The Morgan fingerprint density at radius 3 is 1.77 bits per heavy atom. The molecule has 0 N–H and O–H groups in total. The van der Waals surface area contributed by atoms with Gasteiger partial charge in [-0.1, -0.05) is 30.3 Å². The number of hydrogen-bond acceptors (Lipinski definition) is 0. The van der Waals surface area contributed by atoms with E-state index >= 15 is 0 Å². The van der Waals surface area contributed by atoms with E-state index in [1.807, 2.05) is 0 Å². The summed E-state index contributed by atoms with van der Waals surface area (Å²) in [6.45, 7) is 4.56. The molecule has 0 spiro atoms. The second kappa shape index (κ2) is 3.15. The van der Waals surface area contributed by atoms with Crippen molar-refractivity contribution >= 4 is 0 Å². The summed E-state index contributed by atoms with van der Waals surface area (Å²) >= 11 is 0. The molecule has 0 saturated heterocycles. The minimum atomic E-state index is 0.168. The van der Waals surface area contributed by atoms with Crippen LogP contribution in [0.4, 0.5) is 0 Å². The average Bonchev–Trinajstić information content (AvgIpc) is 2.04. The highest BCUT2D eigenvalue weighted by Crippen LogP contribution is 2.29. The fraction of sp³-hybridized carbons (Fsp3) is 0.500. The fourth-order valence-electron chi connectivity index (χ4n) is 1.23. The Hall–Kier alpha value is -0.820. The molecule has 0 fully saturated rings. The highest BCUT2D eigenvalue weighted by Gasteiger charge is 2.34. The Balaban J connectivity index is 3.08. The van der Waals surface area contributed by atoms with Crippen LogP contribution in [0.2, 0.25) is 0 Å². The summed E-state index contributed by atoms with van der Waals surface area (Å²) in [7, 11) is 6.69. The monoisotopic (exact) mass is 178 g/mol. The molecule has 0 radical (unpaired) electrons. The number of rotatable bonds is 2. The Kier molecular flexibility index (Phi) is 2.49. The van der Waals surface area contributed by atoms with Crippen LogP contribution in [0.3, 0.4) is 0 Å². The molecule has 1 aromatic rings. The lowest BCUT2D eigenvalue weighted by molar-refractivity contribution is -0.927. The Morgan fingerprint density at radius 1 is 0.923 bits per heavy atom. The van der Waals surface area contributed by atoms with E-state index in [1.54, 1.807) is 0 Å². The number of benzene rings is 1. The van der Waals surface area contributed by atoms with Crippen molar-refractivity contribution in [1.29, 1.82) is 0 Å². The summed E-state index contributed by atoms with van der Waals surface area (Å²) < 4.78 is 0.941. The van der Waals surface area contributed by atoms with Crippen LogP contribution in [0.1, 0.15) is 19.4 Å². The molecule has 1 rings (SSSR count). The maximum atomic E-state index is 2.28. The molecule has 1 aromatic carbocycles. The normalized spacial score (nSPS) is 13.0. The molecular weight excluding hydrogens is 158 g/mol. The van der Waals surface area contributed by atoms with Crippen molar-refractivity contribution in [2.75, 3.05) is 21.1 Å². The van der Waals surface area contributed by atoms with Gasteiger partial charge in [-0.05, 0) is 13.8 Å². The smallest absolute Gasteiger partial charge is 0.118 e. The van der Waals surface area contributed by atoms with Crippen LogP contribution in [0, 0.1) is 0 Å². The maximum absolute atomic E-state index is 2.28. The third-order valence-electron chi connectivity index (χ3n) is 3.16. The molecule has 1 nitrogen and oxygen atoms in total. The molecule has 0 bridgehead atoms. The van der Waals surface area contributed by atoms with E-state index in [0.29, 0.717) is 0 Å². The van der Waals surface area contributed by atoms with Gasteiger partial charge in [0.1, 0.15) is 5.54 Å². The first-order chi connectivity index (χ1) is 5.86. The van der Waals surface area contributed by atoms with Crippen LogP contribution >= 0.6 is 0 Å². The predicted octanol–water partition coefficient (Wildman–Crippen LogP) is 2.63. The Morgan fingerprint density at radius 2 is 1.38 bits per heavy atom. The Labute approximate surface area is 81.6 Å². The standard InChI is InChI=1S/C12H20N/c1-12(2,13(3,4)5)11-9-7-6-8-10-11/h6-10H,1-5H3/q+1. The first kappa shape index (κ1) is 10.3. The first-order valence-corrected chi connectivity index (χ1v) is 4.73. The summed E-state index contributed by atoms with van der Waals surface area (Å²) in [6, 6.07) is 10.7. The molecule has 0 aliphatic carbocycles. The minimum Gasteiger partial charge on any atom is -0.323 e. The van der Waals surface area contributed by atoms with Crippen molar-refractivity contribution < 1.29 is 4.48 Å². The minimum absolute atomic E-state index is 0.168. The van der Waals surface area contributed by atoms with Gasteiger partial charge in [0, 0.05) is 5.56 Å². The average molecular weight is 178 g/mol. The zero-order valence-corrected chi connectivity index (χ0v) is 9.33. The molecule has 0 aromatic heterocycles. The molecule has 13 heavy (non-hydrogen) atoms. The van der Waals surface area contributed by atoms with Gasteiger partial charge in [-0.2, -0.15) is 0 Å². The van der Waals surface area contributed by atoms with E-state index in [0.717, 1.165) is 4.48 Å². The van der Waals surface area contributed by atoms with Crippen LogP contribution in [0.5, 0.6) is 0 Å². The summed E-state index contributed by atoms with van der Waals surface area (Å²) in [5.41, 5.74) is 1.56. The van der Waals surface area contributed by atoms with E-state index in [-0.39, 0.29) is 5.54 Å². The third-order valence-corrected chi connectivity index (χ3v) is 3.16. The number of hydrogen-bond donors (Lipinski definition) is 0. The lowest BCUT2D eigenvalue weighted by Crippen LogP contribution is -2.50. The van der Waals surface area contributed by atoms with E-state index < -0.39 is 0 Å². The molecule has 0 heterocycles. The van der Waals surface area contributed by atoms with E-state index in [9.17, 15) is 0 Å². The summed E-state index contributed by atoms with van der Waals surface area (Å²) in [5.74, 6) is 0. The van der Waals surface area contributed by atoms with Gasteiger partial charge < -0.3 is 4.48 Å². The fourth-order valence-corrected chi connectivity index (χ4v) is 1.23. The van der Waals surface area contributed by atoms with Gasteiger partial charge in [-0.3, -0.25) is 0 Å². The van der Waals surface area contributed by atoms with Gasteiger partial charge in [0.05, 0.1) is 21.1 Å². The van der Waals surface area contributed by atoms with Gasteiger partial charge in [0.2, 0.25) is 0 Å². The van der Waals surface area contributed by atoms with Crippen molar-refractivity contribution in [3.8, 4) is 0 Å². The second-order valence-corrected chi connectivity index (χ2v) is 4.94. The maximum Gasteiger partial charge on any atom is 0.118 e. The summed E-state index contributed by atoms with van der Waals surface area (Å²) in [5, 5.41) is 0. The lowest BCUT2D eigenvalue weighted by Gasteiger charge is -2.41. The van der Waals surface area contributed by atoms with Crippen LogP contribution < -0.4 is 0 Å². The Bertz CT molecular complexity index is 267. The molecule has 0 aliphatic rings. The largest absolute Gasteiger partial charge is 0.323 e. The van der Waals surface area contributed by atoms with Crippen LogP contribution in [-0.4, -0.2) is 25.6 Å². The summed E-state index contributed by atoms with van der Waals surface area (Å²) in [6.07, 6.45) is 0. The van der Waals surface area contributed by atoms with Crippen molar-refractivity contribution in [1.82, 2.24) is 0 Å². The molecule has 0 amide bonds. The van der Waals surface area contributed by atoms with Crippen molar-refractivity contribution in [2.45, 2.75) is 19.4 Å². The highest BCUT2D eigenvalue weighted by atomic mass is 15.3. The molecule has 0 unspecified atom stereocenters. The second-order valence-electron chi connectivity index (χ2n) is 4.94. The molecule has 0 aliphatic heterocycles. The van der Waals surface area contributed by atoms with E-state index in [4.69, 9.17) is 0 Å². The highest BCUT2D eigenvalue weighted by molar-refractivity contribution is 5.20. The van der Waals surface area contributed by atoms with E-state index in [1.165, 1.54) is 5.56 Å². The molecular formula is C12H20N+. The van der Waals surface area contributed by atoms with Crippen molar-refractivity contribution in [3.63, 3.8) is 0 Å². The predicted molar refractivity (Wildman–Crippen MR) is 57.5 cm³/mol. The van der Waals surface area contributed by atoms with Gasteiger partial charge in [0.15, 0.2) is 0 Å². The quantitative estimate of drug-likeness (QED) is 0.611. The number of quaternary nitrogens is 1. The zero-order chi connectivity index (χ0) is 10.1. The first-order valence-electron chi connectivity index (χ1n) is 4.73. The van der Waals surface area contributed by atoms with Gasteiger partial charge >= 0.3 is 0 Å². The topological polar surface area (TPSA) is 0 Å². The SMILES string of the molecule is CC(C)(c1ccccc1)[N+](C)(C)C. The molecule has 0 saturated carbocycles. The van der Waals surface area contributed by atoms with Gasteiger partial charge in [-0.25, -0.2) is 0 Å². The number of nitrogens with zero attached hydrogens (tertiary/aromatic N) is 1. The lowest BCUT2D eigenvalue weighted by atomic mass is 9.91. The molecule has 1 heteroatoms.